The van der Waals surface area contributed by atoms with Crippen LogP contribution in [0.25, 0.3) is 0 Å². The Bertz CT molecular complexity index is 908. The molecule has 1 N–H and O–H groups in total. The smallest absolute Gasteiger partial charge is 0.235 e. The molecule has 5 nitrogen and oxygen atoms in total. The summed E-state index contributed by atoms with van der Waals surface area (Å²) in [5.41, 5.74) is 0.795. The van der Waals surface area contributed by atoms with Crippen molar-refractivity contribution in [2.75, 3.05) is 20.8 Å². The van der Waals surface area contributed by atoms with Crippen LogP contribution in [-0.2, 0) is 22.4 Å². The van der Waals surface area contributed by atoms with Gasteiger partial charge in [-0.05, 0) is 56.4 Å². The Balaban J connectivity index is 1.96. The van der Waals surface area contributed by atoms with Gasteiger partial charge < -0.3 is 19.5 Å². The molecule has 162 valence electrons. The summed E-state index contributed by atoms with van der Waals surface area (Å²) in [5, 5.41) is 11.8. The molecule has 1 aliphatic heterocycles. The highest BCUT2D eigenvalue weighted by atomic mass is 16.5. The van der Waals surface area contributed by atoms with Gasteiger partial charge in [-0.3, -0.25) is 4.79 Å². The van der Waals surface area contributed by atoms with Crippen LogP contribution >= 0.6 is 0 Å². The summed E-state index contributed by atoms with van der Waals surface area (Å²) in [7, 11) is 3.22. The van der Waals surface area contributed by atoms with Crippen molar-refractivity contribution in [2.45, 2.75) is 57.6 Å². The van der Waals surface area contributed by atoms with Crippen LogP contribution in [0.1, 0.15) is 56.7 Å². The molecule has 0 spiro atoms. The van der Waals surface area contributed by atoms with Crippen LogP contribution in [0, 0.1) is 0 Å². The molecular weight excluding hydrogens is 378 g/mol. The topological polar surface area (TPSA) is 59.0 Å². The molecule has 1 amide bonds. The van der Waals surface area contributed by atoms with E-state index in [1.165, 1.54) is 0 Å². The molecule has 0 fully saturated rings. The van der Waals surface area contributed by atoms with Crippen molar-refractivity contribution >= 4 is 5.91 Å². The first kappa shape index (κ1) is 22.2. The first-order chi connectivity index (χ1) is 14.3. The Kier molecular flexibility index (Phi) is 6.41. The SMILES string of the molecule is CCCCC1(O)c2ccccc2C(C)(C)C(=O)N1CCc1ccc(OC)c(OC)c1. The zero-order valence-corrected chi connectivity index (χ0v) is 18.7. The number of ether oxygens (including phenoxy) is 2. The Labute approximate surface area is 179 Å². The lowest BCUT2D eigenvalue weighted by Crippen LogP contribution is -2.60. The van der Waals surface area contributed by atoms with Crippen LogP contribution in [0.15, 0.2) is 42.5 Å². The second kappa shape index (κ2) is 8.68. The van der Waals surface area contributed by atoms with Gasteiger partial charge in [0.2, 0.25) is 5.91 Å². The lowest BCUT2D eigenvalue weighted by atomic mass is 9.72. The summed E-state index contributed by atoms with van der Waals surface area (Å²) in [6.07, 6.45) is 2.92. The number of carbonyl (C=O) groups excluding carboxylic acids is 1. The molecule has 0 radical (unpaired) electrons. The fraction of sp³-hybridized carbons (Fsp3) is 0.480. The molecule has 1 atom stereocenters. The maximum Gasteiger partial charge on any atom is 0.235 e. The van der Waals surface area contributed by atoms with Crippen molar-refractivity contribution in [3.05, 3.63) is 59.2 Å². The predicted octanol–water partition coefficient (Wildman–Crippen LogP) is 4.40. The maximum atomic E-state index is 13.6. The summed E-state index contributed by atoms with van der Waals surface area (Å²) >= 11 is 0. The van der Waals surface area contributed by atoms with Crippen molar-refractivity contribution in [1.29, 1.82) is 0 Å². The van der Waals surface area contributed by atoms with Gasteiger partial charge in [0, 0.05) is 12.1 Å². The number of hydrogen-bond donors (Lipinski definition) is 1. The van der Waals surface area contributed by atoms with Crippen LogP contribution in [0.2, 0.25) is 0 Å². The summed E-state index contributed by atoms with van der Waals surface area (Å²) in [6, 6.07) is 13.6. The number of nitrogens with zero attached hydrogens (tertiary/aromatic N) is 1. The monoisotopic (exact) mass is 411 g/mol. The number of amides is 1. The Hall–Kier alpha value is -2.53. The van der Waals surface area contributed by atoms with E-state index in [4.69, 9.17) is 9.47 Å². The second-order valence-corrected chi connectivity index (χ2v) is 8.49. The first-order valence-electron chi connectivity index (χ1n) is 10.6. The third-order valence-corrected chi connectivity index (χ3v) is 6.21. The third-order valence-electron chi connectivity index (χ3n) is 6.21. The molecule has 3 rings (SSSR count). The number of methoxy groups -OCH3 is 2. The molecule has 1 aliphatic rings. The van der Waals surface area contributed by atoms with Crippen LogP contribution < -0.4 is 9.47 Å². The first-order valence-corrected chi connectivity index (χ1v) is 10.6. The average Bonchev–Trinajstić information content (AvgIpc) is 2.76. The molecule has 0 bridgehead atoms. The van der Waals surface area contributed by atoms with E-state index >= 15 is 0 Å². The summed E-state index contributed by atoms with van der Waals surface area (Å²) in [5.74, 6) is 1.29. The van der Waals surface area contributed by atoms with Gasteiger partial charge in [-0.25, -0.2) is 0 Å². The lowest BCUT2D eigenvalue weighted by Gasteiger charge is -2.50. The van der Waals surface area contributed by atoms with Crippen molar-refractivity contribution in [2.24, 2.45) is 0 Å². The van der Waals surface area contributed by atoms with Gasteiger partial charge in [-0.15, -0.1) is 0 Å². The van der Waals surface area contributed by atoms with Gasteiger partial charge in [0.05, 0.1) is 19.6 Å². The van der Waals surface area contributed by atoms with E-state index in [0.717, 1.165) is 29.5 Å². The van der Waals surface area contributed by atoms with Crippen LogP contribution in [-0.4, -0.2) is 36.7 Å². The normalized spacial score (nSPS) is 20.1. The van der Waals surface area contributed by atoms with Gasteiger partial charge in [-0.1, -0.05) is 43.7 Å². The van der Waals surface area contributed by atoms with Crippen molar-refractivity contribution in [3.63, 3.8) is 0 Å². The Morgan fingerprint density at radius 3 is 2.30 bits per heavy atom. The van der Waals surface area contributed by atoms with Crippen molar-refractivity contribution < 1.29 is 19.4 Å². The van der Waals surface area contributed by atoms with Gasteiger partial charge in [0.15, 0.2) is 17.2 Å². The molecule has 0 saturated carbocycles. The van der Waals surface area contributed by atoms with Crippen molar-refractivity contribution in [1.82, 2.24) is 4.90 Å². The zero-order valence-electron chi connectivity index (χ0n) is 18.7. The van der Waals surface area contributed by atoms with E-state index in [-0.39, 0.29) is 5.91 Å². The third kappa shape index (κ3) is 3.79. The molecule has 0 aromatic heterocycles. The molecule has 0 aliphatic carbocycles. The highest BCUT2D eigenvalue weighted by Gasteiger charge is 2.51. The highest BCUT2D eigenvalue weighted by Crippen LogP contribution is 2.45. The summed E-state index contributed by atoms with van der Waals surface area (Å²) < 4.78 is 10.7. The van der Waals surface area contributed by atoms with Gasteiger partial charge in [0.25, 0.3) is 0 Å². The summed E-state index contributed by atoms with van der Waals surface area (Å²) in [4.78, 5) is 15.2. The molecular formula is C25H33NO4. The molecule has 5 heteroatoms. The van der Waals surface area contributed by atoms with Crippen molar-refractivity contribution in [3.8, 4) is 11.5 Å². The minimum atomic E-state index is -1.30. The van der Waals surface area contributed by atoms with E-state index in [1.807, 2.05) is 56.3 Å². The zero-order chi connectivity index (χ0) is 21.9. The fourth-order valence-electron chi connectivity index (χ4n) is 4.40. The minimum absolute atomic E-state index is 0.0414. The van der Waals surface area contributed by atoms with Gasteiger partial charge in [-0.2, -0.15) is 0 Å². The van der Waals surface area contributed by atoms with Gasteiger partial charge >= 0.3 is 0 Å². The van der Waals surface area contributed by atoms with Crippen LogP contribution in [0.5, 0.6) is 11.5 Å². The minimum Gasteiger partial charge on any atom is -0.493 e. The Morgan fingerprint density at radius 2 is 1.67 bits per heavy atom. The van der Waals surface area contributed by atoms with Crippen LogP contribution in [0.3, 0.4) is 0 Å². The van der Waals surface area contributed by atoms with E-state index in [2.05, 4.69) is 6.92 Å². The lowest BCUT2D eigenvalue weighted by molar-refractivity contribution is -0.176. The van der Waals surface area contributed by atoms with Gasteiger partial charge in [0.1, 0.15) is 0 Å². The second-order valence-electron chi connectivity index (χ2n) is 8.49. The number of benzene rings is 2. The van der Waals surface area contributed by atoms with E-state index < -0.39 is 11.1 Å². The van der Waals surface area contributed by atoms with E-state index in [0.29, 0.717) is 30.9 Å². The molecule has 1 heterocycles. The summed E-state index contributed by atoms with van der Waals surface area (Å²) in [6.45, 7) is 6.40. The average molecular weight is 412 g/mol. The molecule has 1 unspecified atom stereocenters. The highest BCUT2D eigenvalue weighted by molar-refractivity contribution is 5.90. The number of fused-ring (bicyclic) bond motifs is 1. The number of carbonyl (C=O) groups is 1. The maximum absolute atomic E-state index is 13.6. The van der Waals surface area contributed by atoms with E-state index in [9.17, 15) is 9.90 Å². The predicted molar refractivity (Wildman–Crippen MR) is 118 cm³/mol. The Morgan fingerprint density at radius 1 is 1.00 bits per heavy atom. The van der Waals surface area contributed by atoms with E-state index in [1.54, 1.807) is 19.1 Å². The number of rotatable bonds is 8. The van der Waals surface area contributed by atoms with Crippen LogP contribution in [0.4, 0.5) is 0 Å². The number of unbranched alkanes of at least 4 members (excludes halogenated alkanes) is 1. The molecule has 30 heavy (non-hydrogen) atoms. The molecule has 0 saturated heterocycles. The number of aliphatic hydroxyl groups is 1. The largest absolute Gasteiger partial charge is 0.493 e. The molecule has 2 aromatic rings. The molecule has 2 aromatic carbocycles. The number of hydrogen-bond acceptors (Lipinski definition) is 4. The quantitative estimate of drug-likeness (QED) is 0.699. The fourth-order valence-corrected chi connectivity index (χ4v) is 4.40. The standard InChI is InChI=1S/C25H33NO4/c1-6-7-15-25(28)20-11-9-8-10-19(20)24(2,3)23(27)26(25)16-14-18-12-13-21(29-4)22(17-18)30-5/h8-13,17,28H,6-7,14-16H2,1-5H3.